The molecular formula is C11H12ClNO2. The van der Waals surface area contributed by atoms with Crippen molar-refractivity contribution in [1.29, 1.82) is 0 Å². The first-order chi connectivity index (χ1) is 7.18. The van der Waals surface area contributed by atoms with Crippen LogP contribution in [-0.4, -0.2) is 17.6 Å². The molecule has 1 aromatic rings. The molecule has 0 amide bonds. The lowest BCUT2D eigenvalue weighted by atomic mass is 9.94. The van der Waals surface area contributed by atoms with Crippen LogP contribution in [-0.2, 0) is 4.79 Å². The highest BCUT2D eigenvalue weighted by atomic mass is 35.5. The van der Waals surface area contributed by atoms with E-state index in [0.717, 1.165) is 12.1 Å². The molecule has 0 aromatic heterocycles. The monoisotopic (exact) mass is 225 g/mol. The molecule has 1 saturated heterocycles. The SMILES string of the molecule is O=C(O)C1CCNC1c1cccc(Cl)c1. The number of rotatable bonds is 2. The zero-order valence-corrected chi connectivity index (χ0v) is 8.87. The van der Waals surface area contributed by atoms with Gasteiger partial charge in [-0.15, -0.1) is 0 Å². The third kappa shape index (κ3) is 2.13. The normalized spacial score (nSPS) is 25.4. The summed E-state index contributed by atoms with van der Waals surface area (Å²) >= 11 is 5.88. The maximum Gasteiger partial charge on any atom is 0.308 e. The lowest BCUT2D eigenvalue weighted by Crippen LogP contribution is -2.23. The molecule has 1 aliphatic heterocycles. The van der Waals surface area contributed by atoms with E-state index in [1.165, 1.54) is 0 Å². The number of nitrogens with one attached hydrogen (secondary N) is 1. The standard InChI is InChI=1S/C11H12ClNO2/c12-8-3-1-2-7(6-8)10-9(11(14)15)4-5-13-10/h1-3,6,9-10,13H,4-5H2,(H,14,15). The Hall–Kier alpha value is -1.06. The summed E-state index contributed by atoms with van der Waals surface area (Å²) in [5.41, 5.74) is 0.951. The maximum atomic E-state index is 11.0. The van der Waals surface area contributed by atoms with Gasteiger partial charge in [-0.25, -0.2) is 0 Å². The maximum absolute atomic E-state index is 11.0. The molecule has 2 rings (SSSR count). The summed E-state index contributed by atoms with van der Waals surface area (Å²) in [5, 5.41) is 12.9. The first-order valence-corrected chi connectivity index (χ1v) is 5.28. The third-order valence-corrected chi connectivity index (χ3v) is 2.98. The lowest BCUT2D eigenvalue weighted by Gasteiger charge is -2.16. The summed E-state index contributed by atoms with van der Waals surface area (Å²) in [5.74, 6) is -1.09. The highest BCUT2D eigenvalue weighted by Gasteiger charge is 2.33. The molecule has 4 heteroatoms. The van der Waals surface area contributed by atoms with Gasteiger partial charge in [0, 0.05) is 11.1 Å². The average molecular weight is 226 g/mol. The Morgan fingerprint density at radius 3 is 3.00 bits per heavy atom. The van der Waals surface area contributed by atoms with E-state index in [2.05, 4.69) is 5.32 Å². The van der Waals surface area contributed by atoms with Crippen LogP contribution in [0.4, 0.5) is 0 Å². The Balaban J connectivity index is 2.26. The minimum atomic E-state index is -0.745. The van der Waals surface area contributed by atoms with Crippen LogP contribution in [0.15, 0.2) is 24.3 Å². The number of hydrogen-bond acceptors (Lipinski definition) is 2. The molecule has 2 unspecified atom stereocenters. The van der Waals surface area contributed by atoms with Crippen LogP contribution >= 0.6 is 11.6 Å². The molecule has 0 radical (unpaired) electrons. The smallest absolute Gasteiger partial charge is 0.308 e. The third-order valence-electron chi connectivity index (χ3n) is 2.75. The van der Waals surface area contributed by atoms with Gasteiger partial charge in [0.25, 0.3) is 0 Å². The van der Waals surface area contributed by atoms with Gasteiger partial charge in [0.05, 0.1) is 5.92 Å². The van der Waals surface area contributed by atoms with Crippen molar-refractivity contribution in [2.45, 2.75) is 12.5 Å². The number of aliphatic carboxylic acids is 1. The summed E-state index contributed by atoms with van der Waals surface area (Å²) in [6.45, 7) is 0.744. The Morgan fingerprint density at radius 1 is 1.53 bits per heavy atom. The summed E-state index contributed by atoms with van der Waals surface area (Å²) in [7, 11) is 0. The number of carbonyl (C=O) groups is 1. The highest BCUT2D eigenvalue weighted by Crippen LogP contribution is 2.30. The Morgan fingerprint density at radius 2 is 2.33 bits per heavy atom. The number of benzene rings is 1. The van der Waals surface area contributed by atoms with Crippen molar-refractivity contribution in [3.63, 3.8) is 0 Å². The van der Waals surface area contributed by atoms with Gasteiger partial charge in [0.15, 0.2) is 0 Å². The quantitative estimate of drug-likeness (QED) is 0.810. The van der Waals surface area contributed by atoms with Gasteiger partial charge >= 0.3 is 5.97 Å². The highest BCUT2D eigenvalue weighted by molar-refractivity contribution is 6.30. The molecule has 1 fully saturated rings. The molecule has 15 heavy (non-hydrogen) atoms. The summed E-state index contributed by atoms with van der Waals surface area (Å²) in [4.78, 5) is 11.0. The van der Waals surface area contributed by atoms with Gasteiger partial charge in [-0.2, -0.15) is 0 Å². The fourth-order valence-electron chi connectivity index (χ4n) is 2.02. The molecule has 2 N–H and O–H groups in total. The molecule has 1 aromatic carbocycles. The molecule has 2 atom stereocenters. The van der Waals surface area contributed by atoms with Gasteiger partial charge in [-0.05, 0) is 30.7 Å². The molecule has 1 aliphatic rings. The minimum absolute atomic E-state index is 0.110. The van der Waals surface area contributed by atoms with E-state index in [1.54, 1.807) is 6.07 Å². The molecular weight excluding hydrogens is 214 g/mol. The van der Waals surface area contributed by atoms with Crippen LogP contribution in [0.2, 0.25) is 5.02 Å². The van der Waals surface area contributed by atoms with E-state index in [4.69, 9.17) is 16.7 Å². The Bertz CT molecular complexity index is 381. The largest absolute Gasteiger partial charge is 0.481 e. The van der Waals surface area contributed by atoms with Crippen molar-refractivity contribution >= 4 is 17.6 Å². The van der Waals surface area contributed by atoms with E-state index in [9.17, 15) is 4.79 Å². The Kier molecular flexibility index (Phi) is 2.93. The van der Waals surface area contributed by atoms with E-state index in [1.807, 2.05) is 18.2 Å². The topological polar surface area (TPSA) is 49.3 Å². The van der Waals surface area contributed by atoms with Gasteiger partial charge in [-0.1, -0.05) is 23.7 Å². The molecule has 80 valence electrons. The second-order valence-corrected chi connectivity index (χ2v) is 4.16. The molecule has 0 bridgehead atoms. The fraction of sp³-hybridized carbons (Fsp3) is 0.364. The molecule has 0 saturated carbocycles. The van der Waals surface area contributed by atoms with Crippen molar-refractivity contribution < 1.29 is 9.90 Å². The minimum Gasteiger partial charge on any atom is -0.481 e. The molecule has 1 heterocycles. The van der Waals surface area contributed by atoms with Crippen molar-refractivity contribution in [2.75, 3.05) is 6.54 Å². The number of halogens is 1. The van der Waals surface area contributed by atoms with Crippen LogP contribution in [0.5, 0.6) is 0 Å². The number of hydrogen-bond donors (Lipinski definition) is 2. The van der Waals surface area contributed by atoms with E-state index in [0.29, 0.717) is 11.4 Å². The molecule has 3 nitrogen and oxygen atoms in total. The van der Waals surface area contributed by atoms with E-state index < -0.39 is 5.97 Å². The first-order valence-electron chi connectivity index (χ1n) is 4.90. The second-order valence-electron chi connectivity index (χ2n) is 3.72. The van der Waals surface area contributed by atoms with E-state index in [-0.39, 0.29) is 12.0 Å². The summed E-state index contributed by atoms with van der Waals surface area (Å²) in [6.07, 6.45) is 0.673. The van der Waals surface area contributed by atoms with Crippen molar-refractivity contribution in [3.05, 3.63) is 34.9 Å². The van der Waals surface area contributed by atoms with Crippen molar-refractivity contribution in [3.8, 4) is 0 Å². The van der Waals surface area contributed by atoms with Crippen LogP contribution < -0.4 is 5.32 Å². The van der Waals surface area contributed by atoms with Gasteiger partial charge in [0.1, 0.15) is 0 Å². The van der Waals surface area contributed by atoms with Crippen LogP contribution in [0, 0.1) is 5.92 Å². The predicted molar refractivity (Wildman–Crippen MR) is 57.9 cm³/mol. The Labute approximate surface area is 93.1 Å². The molecule has 0 spiro atoms. The van der Waals surface area contributed by atoms with Crippen LogP contribution in [0.3, 0.4) is 0 Å². The zero-order valence-electron chi connectivity index (χ0n) is 8.11. The predicted octanol–water partition coefficient (Wildman–Crippen LogP) is 2.08. The lowest BCUT2D eigenvalue weighted by molar-refractivity contribution is -0.142. The van der Waals surface area contributed by atoms with Crippen LogP contribution in [0.25, 0.3) is 0 Å². The first kappa shape index (κ1) is 10.5. The van der Waals surface area contributed by atoms with Crippen molar-refractivity contribution in [2.24, 2.45) is 5.92 Å². The fourth-order valence-corrected chi connectivity index (χ4v) is 2.22. The van der Waals surface area contributed by atoms with Crippen molar-refractivity contribution in [1.82, 2.24) is 5.32 Å². The second kappa shape index (κ2) is 4.21. The van der Waals surface area contributed by atoms with E-state index >= 15 is 0 Å². The number of carboxylic acid groups (broad SMARTS) is 1. The van der Waals surface area contributed by atoms with Gasteiger partial charge < -0.3 is 10.4 Å². The number of carboxylic acids is 1. The average Bonchev–Trinajstić information content (AvgIpc) is 2.65. The zero-order chi connectivity index (χ0) is 10.8. The van der Waals surface area contributed by atoms with Gasteiger partial charge in [-0.3, -0.25) is 4.79 Å². The molecule has 0 aliphatic carbocycles. The van der Waals surface area contributed by atoms with Crippen LogP contribution in [0.1, 0.15) is 18.0 Å². The summed E-state index contributed by atoms with van der Waals surface area (Å²) < 4.78 is 0. The summed E-state index contributed by atoms with van der Waals surface area (Å²) in [6, 6.07) is 7.25. The van der Waals surface area contributed by atoms with Gasteiger partial charge in [0.2, 0.25) is 0 Å².